The lowest BCUT2D eigenvalue weighted by molar-refractivity contribution is 0.985. The van der Waals surface area contributed by atoms with Crippen LogP contribution in [0.2, 0.25) is 0 Å². The molecule has 116 valence electrons. The van der Waals surface area contributed by atoms with E-state index in [-0.39, 0.29) is 5.25 Å². The van der Waals surface area contributed by atoms with Gasteiger partial charge in [-0.05, 0) is 55.5 Å². The predicted octanol–water partition coefficient (Wildman–Crippen LogP) is 4.89. The first-order chi connectivity index (χ1) is 9.90. The summed E-state index contributed by atoms with van der Waals surface area (Å²) in [7, 11) is 0.308. The highest BCUT2D eigenvalue weighted by atomic mass is 33.6. The molecule has 0 aliphatic heterocycles. The van der Waals surface area contributed by atoms with E-state index in [0.717, 1.165) is 11.4 Å². The second kappa shape index (κ2) is 6.63. The average molecular weight is 341 g/mol. The lowest BCUT2D eigenvalue weighted by Crippen LogP contribution is -2.16. The van der Waals surface area contributed by atoms with Crippen LogP contribution in [0.4, 0.5) is 0 Å². The molecule has 0 aliphatic rings. The minimum absolute atomic E-state index is 0.289. The summed E-state index contributed by atoms with van der Waals surface area (Å²) >= 11 is 0. The van der Waals surface area contributed by atoms with Crippen LogP contribution in [0.1, 0.15) is 16.6 Å². The minimum atomic E-state index is -0.935. The van der Waals surface area contributed by atoms with Crippen LogP contribution >= 0.6 is 27.9 Å². The van der Waals surface area contributed by atoms with Gasteiger partial charge in [0.2, 0.25) is 0 Å². The molecule has 21 heavy (non-hydrogen) atoms. The van der Waals surface area contributed by atoms with E-state index in [1.807, 2.05) is 35.3 Å². The van der Waals surface area contributed by atoms with Gasteiger partial charge < -0.3 is 0 Å². The van der Waals surface area contributed by atoms with Gasteiger partial charge in [-0.1, -0.05) is 12.1 Å². The van der Waals surface area contributed by atoms with Crippen molar-refractivity contribution in [2.75, 3.05) is 31.3 Å². The molecule has 0 bridgehead atoms. The van der Waals surface area contributed by atoms with Crippen LogP contribution in [-0.2, 0) is 0 Å². The van der Waals surface area contributed by atoms with Crippen LogP contribution in [0.5, 0.6) is 0 Å². The van der Waals surface area contributed by atoms with Crippen LogP contribution < -0.4 is 0 Å². The molecular weight excluding hydrogens is 316 g/mol. The quantitative estimate of drug-likeness (QED) is 0.725. The first-order valence-electron chi connectivity index (χ1n) is 6.73. The van der Waals surface area contributed by atoms with Crippen molar-refractivity contribution in [1.29, 1.82) is 0 Å². The summed E-state index contributed by atoms with van der Waals surface area (Å²) in [6.07, 6.45) is 15.7. The molecule has 2 aromatic rings. The van der Waals surface area contributed by atoms with Gasteiger partial charge in [-0.2, -0.15) is 17.2 Å². The number of aromatic nitrogens is 2. The van der Waals surface area contributed by atoms with Gasteiger partial charge in [0.05, 0.1) is 16.6 Å². The first kappa shape index (κ1) is 16.7. The highest BCUT2D eigenvalue weighted by molar-refractivity contribution is 9.32. The van der Waals surface area contributed by atoms with Crippen molar-refractivity contribution in [3.63, 3.8) is 0 Å². The molecule has 0 amide bonds. The largest absolute Gasteiger partial charge is 0.260 e. The fourth-order valence-electron chi connectivity index (χ4n) is 2.20. The molecule has 0 aliphatic carbocycles. The zero-order chi connectivity index (χ0) is 15.5. The fraction of sp³-hybridized carbons (Fsp3) is 0.375. The summed E-state index contributed by atoms with van der Waals surface area (Å²) < 4.78 is 0. The SMILES string of the molecule is CSS(C)(C)S(C)(C)C(c1ccccn1)c1ccccn1. The maximum absolute atomic E-state index is 4.65. The summed E-state index contributed by atoms with van der Waals surface area (Å²) in [6.45, 7) is 0. The Hall–Kier alpha value is -0.650. The minimum Gasteiger partial charge on any atom is -0.260 e. The van der Waals surface area contributed by atoms with Crippen LogP contribution in [-0.4, -0.2) is 41.2 Å². The van der Waals surface area contributed by atoms with Crippen molar-refractivity contribution < 1.29 is 0 Å². The molecule has 0 aromatic carbocycles. The molecule has 2 nitrogen and oxygen atoms in total. The zero-order valence-electron chi connectivity index (χ0n) is 13.3. The first-order valence-corrected chi connectivity index (χ1v) is 13.9. The standard InChI is InChI=1S/C16H24N2S3/c1-19-21(4,5)20(2,3)16(14-10-6-8-12-17-14)15-11-7-9-13-18-15/h6-13,16H,1-5H3. The molecule has 0 saturated carbocycles. The van der Waals surface area contributed by atoms with E-state index in [2.05, 4.69) is 65.5 Å². The van der Waals surface area contributed by atoms with E-state index in [9.17, 15) is 0 Å². The molecular formula is C16H24N2S3. The summed E-state index contributed by atoms with van der Waals surface area (Å²) in [6, 6.07) is 12.4. The predicted molar refractivity (Wildman–Crippen MR) is 103 cm³/mol. The molecule has 2 heterocycles. The number of hydrogen-bond acceptors (Lipinski definition) is 3. The van der Waals surface area contributed by atoms with Gasteiger partial charge in [0.15, 0.2) is 0 Å². The van der Waals surface area contributed by atoms with Crippen molar-refractivity contribution in [2.45, 2.75) is 5.25 Å². The molecule has 0 unspecified atom stereocenters. The van der Waals surface area contributed by atoms with Gasteiger partial charge in [-0.15, -0.1) is 10.8 Å². The summed E-state index contributed by atoms with van der Waals surface area (Å²) in [5.74, 6) is 0. The van der Waals surface area contributed by atoms with Gasteiger partial charge in [-0.3, -0.25) is 9.97 Å². The van der Waals surface area contributed by atoms with E-state index in [1.54, 1.807) is 0 Å². The fourth-order valence-corrected chi connectivity index (χ4v) is 11.4. The van der Waals surface area contributed by atoms with E-state index in [4.69, 9.17) is 0 Å². The van der Waals surface area contributed by atoms with Gasteiger partial charge in [0, 0.05) is 12.4 Å². The van der Waals surface area contributed by atoms with Crippen LogP contribution in [0.3, 0.4) is 0 Å². The Bertz CT molecular complexity index is 531. The normalized spacial score (nSPS) is 14.2. The third-order valence-electron chi connectivity index (χ3n) is 3.92. The number of nitrogens with zero attached hydrogens (tertiary/aromatic N) is 2. The van der Waals surface area contributed by atoms with E-state index < -0.39 is 17.2 Å². The van der Waals surface area contributed by atoms with Crippen LogP contribution in [0.15, 0.2) is 48.8 Å². The molecule has 2 rings (SSSR count). The van der Waals surface area contributed by atoms with Crippen LogP contribution in [0.25, 0.3) is 0 Å². The third-order valence-corrected chi connectivity index (χ3v) is 22.0. The maximum atomic E-state index is 4.65. The van der Waals surface area contributed by atoms with Crippen molar-refractivity contribution >= 4 is 27.9 Å². The third kappa shape index (κ3) is 3.41. The molecule has 0 atom stereocenters. The molecule has 0 N–H and O–H groups in total. The smallest absolute Gasteiger partial charge is 0.0807 e. The van der Waals surface area contributed by atoms with Gasteiger partial charge >= 0.3 is 0 Å². The molecule has 0 radical (unpaired) electrons. The molecule has 0 saturated heterocycles. The Labute approximate surface area is 134 Å². The number of rotatable bonds is 5. The molecule has 0 spiro atoms. The van der Waals surface area contributed by atoms with Crippen molar-refractivity contribution in [3.8, 4) is 0 Å². The van der Waals surface area contributed by atoms with E-state index in [0.29, 0.717) is 0 Å². The van der Waals surface area contributed by atoms with Gasteiger partial charge in [0.25, 0.3) is 0 Å². The highest BCUT2D eigenvalue weighted by Crippen LogP contribution is 2.85. The van der Waals surface area contributed by atoms with E-state index in [1.165, 1.54) is 0 Å². The Morgan fingerprint density at radius 1 is 0.857 bits per heavy atom. The molecule has 0 fully saturated rings. The second-order valence-corrected chi connectivity index (χ2v) is 20.4. The Morgan fingerprint density at radius 2 is 1.33 bits per heavy atom. The summed E-state index contributed by atoms with van der Waals surface area (Å²) in [5.41, 5.74) is 2.29. The van der Waals surface area contributed by atoms with Crippen molar-refractivity contribution in [1.82, 2.24) is 9.97 Å². The van der Waals surface area contributed by atoms with E-state index >= 15 is 0 Å². The topological polar surface area (TPSA) is 25.8 Å². The average Bonchev–Trinajstić information content (AvgIpc) is 2.49. The lowest BCUT2D eigenvalue weighted by atomic mass is 10.2. The van der Waals surface area contributed by atoms with Crippen LogP contribution in [0, 0.1) is 0 Å². The second-order valence-electron chi connectivity index (χ2n) is 5.51. The Balaban J connectivity index is 2.57. The zero-order valence-corrected chi connectivity index (χ0v) is 15.8. The highest BCUT2D eigenvalue weighted by Gasteiger charge is 2.38. The summed E-state index contributed by atoms with van der Waals surface area (Å²) in [5, 5.41) is 0.289. The maximum Gasteiger partial charge on any atom is 0.0807 e. The number of hydrogen-bond donors (Lipinski definition) is 0. The number of pyridine rings is 2. The van der Waals surface area contributed by atoms with Gasteiger partial charge in [0.1, 0.15) is 0 Å². The van der Waals surface area contributed by atoms with Gasteiger partial charge in [-0.25, -0.2) is 0 Å². The summed E-state index contributed by atoms with van der Waals surface area (Å²) in [4.78, 5) is 9.31. The molecule has 5 heteroatoms. The lowest BCUT2D eigenvalue weighted by Gasteiger charge is -2.54. The monoisotopic (exact) mass is 340 g/mol. The van der Waals surface area contributed by atoms with Crippen molar-refractivity contribution in [2.24, 2.45) is 0 Å². The Kier molecular flexibility index (Phi) is 5.28. The molecule has 2 aromatic heterocycles. The van der Waals surface area contributed by atoms with Crippen molar-refractivity contribution in [3.05, 3.63) is 60.2 Å². The Morgan fingerprint density at radius 3 is 1.67 bits per heavy atom.